The van der Waals surface area contributed by atoms with Crippen molar-refractivity contribution in [3.63, 3.8) is 0 Å². The van der Waals surface area contributed by atoms with Crippen LogP contribution in [0, 0.1) is 0 Å². The molecule has 35 heavy (non-hydrogen) atoms. The van der Waals surface area contributed by atoms with Crippen LogP contribution in [0.1, 0.15) is 22.8 Å². The van der Waals surface area contributed by atoms with Gasteiger partial charge in [0.25, 0.3) is 5.91 Å². The van der Waals surface area contributed by atoms with Crippen LogP contribution in [0.5, 0.6) is 17.2 Å². The van der Waals surface area contributed by atoms with Crippen molar-refractivity contribution in [2.75, 3.05) is 13.2 Å². The van der Waals surface area contributed by atoms with E-state index in [1.165, 1.54) is 6.21 Å². The number of nitrogens with zero attached hydrogens (tertiary/aromatic N) is 1. The van der Waals surface area contributed by atoms with Crippen LogP contribution in [0.15, 0.2) is 73.1 Å². The first kappa shape index (κ1) is 27.2. The number of benzene rings is 3. The van der Waals surface area contributed by atoms with Crippen molar-refractivity contribution in [3.05, 3.63) is 84.2 Å². The first-order chi connectivity index (χ1) is 16.8. The quantitative estimate of drug-likeness (QED) is 0.116. The average molecular weight is 690 g/mol. The largest absolute Gasteiger partial charge is 0.490 e. The molecule has 11 heteroatoms. The summed E-state index contributed by atoms with van der Waals surface area (Å²) in [6.07, 6.45) is 1.44. The lowest BCUT2D eigenvalue weighted by atomic mass is 10.2. The molecule has 0 aliphatic heterocycles. The van der Waals surface area contributed by atoms with E-state index in [2.05, 4.69) is 58.3 Å². The maximum Gasteiger partial charge on any atom is 0.345 e. The molecule has 0 heterocycles. The van der Waals surface area contributed by atoms with Crippen LogP contribution in [0.2, 0.25) is 5.02 Å². The highest BCUT2D eigenvalue weighted by Crippen LogP contribution is 2.36. The smallest absolute Gasteiger partial charge is 0.345 e. The standard InChI is InChI=1S/C24H18Br3ClN2O5/c1-2-33-21-9-14(7-8-20(21)35-24(32)16-5-3-4-6-19(16)28)12-29-30-22(31)13-34-23-17(26)10-15(25)11-18(23)27/h3-12H,2,13H2,1H3,(H,30,31). The minimum absolute atomic E-state index is 0.233. The van der Waals surface area contributed by atoms with E-state index in [0.717, 1.165) is 4.47 Å². The average Bonchev–Trinajstić information content (AvgIpc) is 2.80. The Labute approximate surface area is 232 Å². The van der Waals surface area contributed by atoms with Crippen LogP contribution in [-0.2, 0) is 4.79 Å². The van der Waals surface area contributed by atoms with Gasteiger partial charge in [-0.05, 0) is 86.8 Å². The number of rotatable bonds is 9. The number of hydrogen-bond acceptors (Lipinski definition) is 6. The van der Waals surface area contributed by atoms with Crippen molar-refractivity contribution in [1.82, 2.24) is 5.43 Å². The number of carbonyl (C=O) groups is 2. The molecule has 1 amide bonds. The summed E-state index contributed by atoms with van der Waals surface area (Å²) in [5.74, 6) is 0.0247. The molecule has 0 unspecified atom stereocenters. The molecule has 3 aromatic rings. The minimum Gasteiger partial charge on any atom is -0.490 e. The van der Waals surface area contributed by atoms with Crippen LogP contribution >= 0.6 is 59.4 Å². The van der Waals surface area contributed by atoms with Gasteiger partial charge in [0.15, 0.2) is 18.1 Å². The lowest BCUT2D eigenvalue weighted by Gasteiger charge is -2.12. The Bertz CT molecular complexity index is 1250. The van der Waals surface area contributed by atoms with Gasteiger partial charge in [0.2, 0.25) is 0 Å². The van der Waals surface area contributed by atoms with Gasteiger partial charge in [-0.2, -0.15) is 5.10 Å². The minimum atomic E-state index is -0.603. The monoisotopic (exact) mass is 686 g/mol. The molecule has 1 N–H and O–H groups in total. The summed E-state index contributed by atoms with van der Waals surface area (Å²) in [6, 6.07) is 15.1. The Balaban J connectivity index is 1.62. The Morgan fingerprint density at radius 1 is 1.00 bits per heavy atom. The number of nitrogens with one attached hydrogen (secondary N) is 1. The summed E-state index contributed by atoms with van der Waals surface area (Å²) >= 11 is 16.2. The molecule has 0 atom stereocenters. The lowest BCUT2D eigenvalue weighted by Crippen LogP contribution is -2.24. The zero-order valence-electron chi connectivity index (χ0n) is 18.2. The first-order valence-electron chi connectivity index (χ1n) is 10.1. The first-order valence-corrected chi connectivity index (χ1v) is 12.9. The molecular weight excluding hydrogens is 671 g/mol. The maximum absolute atomic E-state index is 12.5. The molecule has 3 aromatic carbocycles. The lowest BCUT2D eigenvalue weighted by molar-refractivity contribution is -0.123. The number of hydrazone groups is 1. The summed E-state index contributed by atoms with van der Waals surface area (Å²) < 4.78 is 18.9. The van der Waals surface area contributed by atoms with Gasteiger partial charge in [-0.15, -0.1) is 0 Å². The molecule has 0 aromatic heterocycles. The molecule has 0 aliphatic carbocycles. The maximum atomic E-state index is 12.5. The SMILES string of the molecule is CCOc1cc(C=NNC(=O)COc2c(Br)cc(Br)cc2Br)ccc1OC(=O)c1ccccc1Cl. The van der Waals surface area contributed by atoms with Crippen LogP contribution in [0.3, 0.4) is 0 Å². The normalized spacial score (nSPS) is 10.8. The van der Waals surface area contributed by atoms with E-state index < -0.39 is 11.9 Å². The van der Waals surface area contributed by atoms with Gasteiger partial charge in [-0.25, -0.2) is 10.2 Å². The number of halogens is 4. The van der Waals surface area contributed by atoms with E-state index in [1.54, 1.807) is 42.5 Å². The molecule has 0 spiro atoms. The summed E-state index contributed by atoms with van der Waals surface area (Å²) in [7, 11) is 0. The van der Waals surface area contributed by atoms with E-state index in [-0.39, 0.29) is 17.9 Å². The zero-order chi connectivity index (χ0) is 25.4. The Morgan fingerprint density at radius 2 is 1.71 bits per heavy atom. The van der Waals surface area contributed by atoms with Crippen LogP contribution in [0.25, 0.3) is 0 Å². The third kappa shape index (κ3) is 7.79. The summed E-state index contributed by atoms with van der Waals surface area (Å²) in [6.45, 7) is 1.92. The van der Waals surface area contributed by atoms with E-state index in [1.807, 2.05) is 19.1 Å². The second-order valence-corrected chi connectivity index (χ2v) is 9.82. The number of ether oxygens (including phenoxy) is 3. The van der Waals surface area contributed by atoms with E-state index >= 15 is 0 Å². The van der Waals surface area contributed by atoms with Gasteiger partial charge < -0.3 is 14.2 Å². The molecule has 3 rings (SSSR count). The van der Waals surface area contributed by atoms with Crippen molar-refractivity contribution in [2.45, 2.75) is 6.92 Å². The zero-order valence-corrected chi connectivity index (χ0v) is 23.7. The molecule has 0 aliphatic rings. The molecule has 0 bridgehead atoms. The highest BCUT2D eigenvalue weighted by Gasteiger charge is 2.16. The van der Waals surface area contributed by atoms with Crippen molar-refractivity contribution in [2.24, 2.45) is 5.10 Å². The highest BCUT2D eigenvalue weighted by molar-refractivity contribution is 9.11. The second kappa shape index (κ2) is 13.1. The fourth-order valence-corrected chi connectivity index (χ4v) is 5.46. The predicted molar refractivity (Wildman–Crippen MR) is 145 cm³/mol. The Kier molecular flexibility index (Phi) is 10.1. The Hall–Kier alpha value is -2.40. The third-order valence-electron chi connectivity index (χ3n) is 4.28. The van der Waals surface area contributed by atoms with Crippen molar-refractivity contribution in [3.8, 4) is 17.2 Å². The molecule has 0 saturated heterocycles. The predicted octanol–water partition coefficient (Wildman–Crippen LogP) is 6.77. The van der Waals surface area contributed by atoms with E-state index in [0.29, 0.717) is 37.6 Å². The topological polar surface area (TPSA) is 86.2 Å². The third-order valence-corrected chi connectivity index (χ3v) is 6.24. The summed E-state index contributed by atoms with van der Waals surface area (Å²) in [5, 5.41) is 4.24. The molecule has 0 fully saturated rings. The van der Waals surface area contributed by atoms with Crippen LogP contribution in [-0.4, -0.2) is 31.3 Å². The van der Waals surface area contributed by atoms with Gasteiger partial charge in [-0.1, -0.05) is 39.7 Å². The molecule has 0 saturated carbocycles. The van der Waals surface area contributed by atoms with Gasteiger partial charge in [0, 0.05) is 4.47 Å². The van der Waals surface area contributed by atoms with Gasteiger partial charge in [0.1, 0.15) is 5.75 Å². The van der Waals surface area contributed by atoms with Crippen molar-refractivity contribution >= 4 is 77.5 Å². The number of carbonyl (C=O) groups excluding carboxylic acids is 2. The fourth-order valence-electron chi connectivity index (χ4n) is 2.75. The van der Waals surface area contributed by atoms with Gasteiger partial charge >= 0.3 is 5.97 Å². The summed E-state index contributed by atoms with van der Waals surface area (Å²) in [5.41, 5.74) is 3.26. The molecule has 0 radical (unpaired) electrons. The number of hydrogen-bond donors (Lipinski definition) is 1. The molecule has 7 nitrogen and oxygen atoms in total. The van der Waals surface area contributed by atoms with Crippen molar-refractivity contribution < 1.29 is 23.8 Å². The highest BCUT2D eigenvalue weighted by atomic mass is 79.9. The van der Waals surface area contributed by atoms with Gasteiger partial charge in [0.05, 0.1) is 32.4 Å². The number of esters is 1. The van der Waals surface area contributed by atoms with Crippen molar-refractivity contribution in [1.29, 1.82) is 0 Å². The second-order valence-electron chi connectivity index (χ2n) is 6.79. The van der Waals surface area contributed by atoms with E-state index in [4.69, 9.17) is 25.8 Å². The number of amides is 1. The Morgan fingerprint density at radius 3 is 2.40 bits per heavy atom. The fraction of sp³-hybridized carbons (Fsp3) is 0.125. The molecule has 182 valence electrons. The molecular formula is C24H18Br3ClN2O5. The summed E-state index contributed by atoms with van der Waals surface area (Å²) in [4.78, 5) is 24.6. The van der Waals surface area contributed by atoms with Crippen LogP contribution < -0.4 is 19.6 Å². The van der Waals surface area contributed by atoms with Gasteiger partial charge in [-0.3, -0.25) is 4.79 Å². The van der Waals surface area contributed by atoms with E-state index in [9.17, 15) is 9.59 Å². The van der Waals surface area contributed by atoms with Crippen LogP contribution in [0.4, 0.5) is 0 Å².